The number of nitrogens with zero attached hydrogens (tertiary/aromatic N) is 2. The summed E-state index contributed by atoms with van der Waals surface area (Å²) < 4.78 is 5.61. The number of carbonyl (C=O) groups is 1. The molecule has 178 valence electrons. The van der Waals surface area contributed by atoms with Crippen LogP contribution in [0.4, 0.5) is 0 Å². The molecule has 1 saturated carbocycles. The molecule has 1 aromatic carbocycles. The zero-order chi connectivity index (χ0) is 23.2. The largest absolute Gasteiger partial charge is 0.497 e. The maximum atomic E-state index is 13.2. The lowest BCUT2D eigenvalue weighted by molar-refractivity contribution is 0.0764. The normalized spacial score (nSPS) is 24.8. The van der Waals surface area contributed by atoms with Crippen molar-refractivity contribution in [2.45, 2.75) is 58.3 Å². The Morgan fingerprint density at radius 1 is 1.27 bits per heavy atom. The molecule has 1 N–H and O–H groups in total. The smallest absolute Gasteiger partial charge is 0.270 e. The fourth-order valence-corrected chi connectivity index (χ4v) is 6.45. The first kappa shape index (κ1) is 22.5. The van der Waals surface area contributed by atoms with E-state index < -0.39 is 0 Å². The number of hydrogen-bond donors (Lipinski definition) is 1. The van der Waals surface area contributed by atoms with E-state index in [0.717, 1.165) is 62.8 Å². The molecule has 0 spiro atoms. The van der Waals surface area contributed by atoms with Gasteiger partial charge in [-0.05, 0) is 100 Å². The van der Waals surface area contributed by atoms with Gasteiger partial charge in [0.25, 0.3) is 5.91 Å². The summed E-state index contributed by atoms with van der Waals surface area (Å²) in [5.41, 5.74) is 6.12. The van der Waals surface area contributed by atoms with Crippen LogP contribution in [0.1, 0.15) is 66.0 Å². The van der Waals surface area contributed by atoms with Gasteiger partial charge in [0.05, 0.1) is 7.11 Å². The van der Waals surface area contributed by atoms with E-state index in [9.17, 15) is 4.79 Å². The number of likely N-dealkylation sites (tertiary alicyclic amines) is 1. The molecule has 1 amide bonds. The van der Waals surface area contributed by atoms with Gasteiger partial charge in [0.1, 0.15) is 11.4 Å². The standard InChI is InChI=1S/C28H39N3O2/c1-5-31(6-2)27(32)26-19(3)24-15-22-18-30(17-20-10-11-20)13-12-28(22,16-25(24)29-26)21-8-7-9-23(14-21)33-4/h7-9,14,20,22,29H,5-6,10-13,15-18H2,1-4H3/t22-,28+/m0/s1. The molecule has 1 saturated heterocycles. The van der Waals surface area contributed by atoms with Gasteiger partial charge in [-0.15, -0.1) is 0 Å². The van der Waals surface area contributed by atoms with Gasteiger partial charge < -0.3 is 19.5 Å². The first-order valence-corrected chi connectivity index (χ1v) is 12.9. The van der Waals surface area contributed by atoms with E-state index in [4.69, 9.17) is 4.74 Å². The van der Waals surface area contributed by atoms with Gasteiger partial charge in [-0.3, -0.25) is 4.79 Å². The molecule has 1 aliphatic heterocycles. The number of hydrogen-bond acceptors (Lipinski definition) is 3. The van der Waals surface area contributed by atoms with E-state index in [0.29, 0.717) is 5.92 Å². The van der Waals surface area contributed by atoms with E-state index in [2.05, 4.69) is 48.9 Å². The highest BCUT2D eigenvalue weighted by atomic mass is 16.5. The third kappa shape index (κ3) is 3.99. The second-order valence-corrected chi connectivity index (χ2v) is 10.5. The maximum Gasteiger partial charge on any atom is 0.270 e. The Morgan fingerprint density at radius 3 is 2.76 bits per heavy atom. The maximum absolute atomic E-state index is 13.2. The van der Waals surface area contributed by atoms with Gasteiger partial charge in [-0.25, -0.2) is 0 Å². The second kappa shape index (κ2) is 8.83. The average molecular weight is 450 g/mol. The summed E-state index contributed by atoms with van der Waals surface area (Å²) in [6.45, 7) is 11.3. The molecule has 33 heavy (non-hydrogen) atoms. The number of fused-ring (bicyclic) bond motifs is 2. The summed E-state index contributed by atoms with van der Waals surface area (Å²) in [6.07, 6.45) is 5.99. The Balaban J connectivity index is 1.53. The van der Waals surface area contributed by atoms with Crippen LogP contribution < -0.4 is 4.74 Å². The number of methoxy groups -OCH3 is 1. The van der Waals surface area contributed by atoms with Crippen molar-refractivity contribution in [2.24, 2.45) is 11.8 Å². The van der Waals surface area contributed by atoms with Crippen LogP contribution in [0, 0.1) is 18.8 Å². The summed E-state index contributed by atoms with van der Waals surface area (Å²) in [6, 6.07) is 8.74. The molecule has 5 rings (SSSR count). The van der Waals surface area contributed by atoms with Crippen LogP contribution in [0.2, 0.25) is 0 Å². The van der Waals surface area contributed by atoms with Crippen LogP contribution in [0.15, 0.2) is 24.3 Å². The van der Waals surface area contributed by atoms with Gasteiger partial charge >= 0.3 is 0 Å². The predicted molar refractivity (Wildman–Crippen MR) is 132 cm³/mol. The third-order valence-electron chi connectivity index (χ3n) is 8.67. The number of amides is 1. The quantitative estimate of drug-likeness (QED) is 0.673. The summed E-state index contributed by atoms with van der Waals surface area (Å²) in [4.78, 5) is 21.5. The Hall–Kier alpha value is -2.27. The number of ether oxygens (including phenoxy) is 1. The predicted octanol–water partition coefficient (Wildman–Crippen LogP) is 4.58. The molecule has 2 heterocycles. The van der Waals surface area contributed by atoms with Gasteiger partial charge in [-0.2, -0.15) is 0 Å². The number of benzene rings is 1. The SMILES string of the molecule is CCN(CC)C(=O)c1[nH]c2c(c1C)C[C@H]1CN(CC3CC3)CC[C@]1(c1cccc(OC)c1)C2. The molecular formula is C28H39N3O2. The van der Waals surface area contributed by atoms with Crippen molar-refractivity contribution < 1.29 is 9.53 Å². The van der Waals surface area contributed by atoms with Crippen molar-refractivity contribution in [1.29, 1.82) is 0 Å². The monoisotopic (exact) mass is 449 g/mol. The third-order valence-corrected chi connectivity index (χ3v) is 8.67. The number of piperidine rings is 1. The number of carbonyl (C=O) groups excluding carboxylic acids is 1. The highest BCUT2D eigenvalue weighted by Crippen LogP contribution is 2.49. The lowest BCUT2D eigenvalue weighted by atomic mass is 9.58. The number of aromatic amines is 1. The van der Waals surface area contributed by atoms with Gasteiger partial charge in [-0.1, -0.05) is 12.1 Å². The zero-order valence-electron chi connectivity index (χ0n) is 20.7. The van der Waals surface area contributed by atoms with E-state index in [1.54, 1.807) is 7.11 Å². The van der Waals surface area contributed by atoms with Crippen LogP contribution in [-0.4, -0.2) is 60.5 Å². The molecule has 0 bridgehead atoms. The summed E-state index contributed by atoms with van der Waals surface area (Å²) >= 11 is 0. The highest BCUT2D eigenvalue weighted by molar-refractivity contribution is 5.94. The van der Waals surface area contributed by atoms with Gasteiger partial charge in [0.15, 0.2) is 0 Å². The van der Waals surface area contributed by atoms with Crippen LogP contribution in [0.3, 0.4) is 0 Å². The average Bonchev–Trinajstić information content (AvgIpc) is 3.60. The van der Waals surface area contributed by atoms with Crippen molar-refractivity contribution in [3.8, 4) is 5.75 Å². The highest BCUT2D eigenvalue weighted by Gasteiger charge is 2.49. The lowest BCUT2D eigenvalue weighted by Gasteiger charge is -2.51. The number of rotatable bonds is 7. The Labute approximate surface area is 198 Å². The number of nitrogens with one attached hydrogen (secondary N) is 1. The van der Waals surface area contributed by atoms with E-state index in [-0.39, 0.29) is 11.3 Å². The van der Waals surface area contributed by atoms with Crippen molar-refractivity contribution in [3.05, 3.63) is 52.3 Å². The van der Waals surface area contributed by atoms with Crippen molar-refractivity contribution in [1.82, 2.24) is 14.8 Å². The summed E-state index contributed by atoms with van der Waals surface area (Å²) in [5, 5.41) is 0. The molecule has 5 nitrogen and oxygen atoms in total. The molecule has 2 aromatic rings. The molecule has 2 fully saturated rings. The molecule has 2 aliphatic carbocycles. The number of H-pyrrole nitrogens is 1. The molecule has 2 atom stereocenters. The summed E-state index contributed by atoms with van der Waals surface area (Å²) in [7, 11) is 1.75. The molecule has 3 aliphatic rings. The molecule has 0 unspecified atom stereocenters. The van der Waals surface area contributed by atoms with Crippen LogP contribution >= 0.6 is 0 Å². The van der Waals surface area contributed by atoms with Gasteiger partial charge in [0.2, 0.25) is 0 Å². The molecular weight excluding hydrogens is 410 g/mol. The van der Waals surface area contributed by atoms with Crippen LogP contribution in [0.25, 0.3) is 0 Å². The minimum absolute atomic E-state index is 0.0917. The number of aromatic nitrogens is 1. The first-order chi connectivity index (χ1) is 16.0. The van der Waals surface area contributed by atoms with Crippen LogP contribution in [-0.2, 0) is 18.3 Å². The second-order valence-electron chi connectivity index (χ2n) is 10.5. The first-order valence-electron chi connectivity index (χ1n) is 12.9. The lowest BCUT2D eigenvalue weighted by Crippen LogP contribution is -2.54. The van der Waals surface area contributed by atoms with Gasteiger partial charge in [0, 0.05) is 37.3 Å². The molecule has 5 heteroatoms. The van der Waals surface area contributed by atoms with E-state index >= 15 is 0 Å². The van der Waals surface area contributed by atoms with Crippen molar-refractivity contribution >= 4 is 5.91 Å². The molecule has 0 radical (unpaired) electrons. The van der Waals surface area contributed by atoms with Crippen molar-refractivity contribution in [2.75, 3.05) is 39.8 Å². The summed E-state index contributed by atoms with van der Waals surface area (Å²) in [5.74, 6) is 2.55. The van der Waals surface area contributed by atoms with E-state index in [1.807, 2.05) is 11.0 Å². The fourth-order valence-electron chi connectivity index (χ4n) is 6.45. The molecule has 1 aromatic heterocycles. The topological polar surface area (TPSA) is 48.6 Å². The minimum atomic E-state index is 0.0917. The fraction of sp³-hybridized carbons (Fsp3) is 0.607. The Bertz CT molecular complexity index is 1020. The van der Waals surface area contributed by atoms with Crippen LogP contribution in [0.5, 0.6) is 5.75 Å². The Morgan fingerprint density at radius 2 is 2.06 bits per heavy atom. The zero-order valence-corrected chi connectivity index (χ0v) is 20.7. The Kier molecular flexibility index (Phi) is 6.02. The minimum Gasteiger partial charge on any atom is -0.497 e. The van der Waals surface area contributed by atoms with Crippen molar-refractivity contribution in [3.63, 3.8) is 0 Å². The van der Waals surface area contributed by atoms with E-state index in [1.165, 1.54) is 41.8 Å².